The number of hydrogen-bond acceptors (Lipinski definition) is 6. The Bertz CT molecular complexity index is 572. The normalized spacial score (nSPS) is 10.1. The summed E-state index contributed by atoms with van der Waals surface area (Å²) < 4.78 is 16.3. The summed E-state index contributed by atoms with van der Waals surface area (Å²) >= 11 is 0. The maximum absolute atomic E-state index is 11.3. The number of benzene rings is 1. The smallest absolute Gasteiger partial charge is 0.360 e. The molecular formula is C12H13N3O4. The topological polar surface area (TPSA) is 75.5 Å². The van der Waals surface area contributed by atoms with Crippen molar-refractivity contribution in [2.45, 2.75) is 0 Å². The van der Waals surface area contributed by atoms with E-state index in [1.807, 2.05) is 0 Å². The van der Waals surface area contributed by atoms with Crippen molar-refractivity contribution in [1.29, 1.82) is 0 Å². The van der Waals surface area contributed by atoms with Gasteiger partial charge in [-0.2, -0.15) is 0 Å². The van der Waals surface area contributed by atoms with Gasteiger partial charge in [-0.1, -0.05) is 5.21 Å². The van der Waals surface area contributed by atoms with Gasteiger partial charge in [-0.25, -0.2) is 9.48 Å². The number of carbonyl (C=O) groups is 1. The molecule has 0 amide bonds. The lowest BCUT2D eigenvalue weighted by atomic mass is 10.3. The second kappa shape index (κ2) is 5.38. The predicted octanol–water partition coefficient (Wildman–Crippen LogP) is 1.07. The van der Waals surface area contributed by atoms with Crippen LogP contribution in [0.15, 0.2) is 24.4 Å². The summed E-state index contributed by atoms with van der Waals surface area (Å²) in [7, 11) is 4.40. The Labute approximate surface area is 109 Å². The third-order valence-corrected chi connectivity index (χ3v) is 2.49. The minimum absolute atomic E-state index is 0.129. The average molecular weight is 263 g/mol. The molecule has 19 heavy (non-hydrogen) atoms. The molecule has 0 atom stereocenters. The van der Waals surface area contributed by atoms with Crippen LogP contribution >= 0.6 is 0 Å². The number of ether oxygens (including phenoxy) is 3. The number of esters is 1. The first-order valence-electron chi connectivity index (χ1n) is 5.42. The fourth-order valence-electron chi connectivity index (χ4n) is 1.51. The van der Waals surface area contributed by atoms with Crippen molar-refractivity contribution in [2.24, 2.45) is 0 Å². The monoisotopic (exact) mass is 263 g/mol. The van der Waals surface area contributed by atoms with Crippen molar-refractivity contribution >= 4 is 5.97 Å². The molecule has 0 saturated carbocycles. The van der Waals surface area contributed by atoms with Crippen molar-refractivity contribution in [2.75, 3.05) is 21.3 Å². The Morgan fingerprint density at radius 1 is 1.11 bits per heavy atom. The second-order valence-corrected chi connectivity index (χ2v) is 3.61. The van der Waals surface area contributed by atoms with Gasteiger partial charge in [0.1, 0.15) is 11.5 Å². The van der Waals surface area contributed by atoms with Gasteiger partial charge in [-0.05, 0) is 0 Å². The molecule has 0 saturated heterocycles. The number of methoxy groups -OCH3 is 3. The van der Waals surface area contributed by atoms with Gasteiger partial charge in [0.05, 0.1) is 33.2 Å². The van der Waals surface area contributed by atoms with Gasteiger partial charge < -0.3 is 14.2 Å². The lowest BCUT2D eigenvalue weighted by Gasteiger charge is -2.07. The Hall–Kier alpha value is -2.57. The summed E-state index contributed by atoms with van der Waals surface area (Å²) in [6.45, 7) is 0. The molecule has 0 aliphatic rings. The van der Waals surface area contributed by atoms with Crippen LogP contribution in [0, 0.1) is 0 Å². The lowest BCUT2D eigenvalue weighted by molar-refractivity contribution is 0.0594. The average Bonchev–Trinajstić information content (AvgIpc) is 2.95. The zero-order valence-corrected chi connectivity index (χ0v) is 10.8. The zero-order valence-electron chi connectivity index (χ0n) is 10.8. The van der Waals surface area contributed by atoms with E-state index in [9.17, 15) is 4.79 Å². The van der Waals surface area contributed by atoms with Crippen LogP contribution in [-0.2, 0) is 4.74 Å². The van der Waals surface area contributed by atoms with Gasteiger partial charge in [0.15, 0.2) is 5.69 Å². The summed E-state index contributed by atoms with van der Waals surface area (Å²) in [5.41, 5.74) is 0.795. The standard InChI is InChI=1S/C12H13N3O4/c1-17-9-4-8(5-10(6-9)18-2)15-7-11(13-14-15)12(16)19-3/h4-7H,1-3H3. The van der Waals surface area contributed by atoms with Gasteiger partial charge in [-0.3, -0.25) is 0 Å². The lowest BCUT2D eigenvalue weighted by Crippen LogP contribution is -2.01. The van der Waals surface area contributed by atoms with Crippen LogP contribution in [0.5, 0.6) is 11.5 Å². The van der Waals surface area contributed by atoms with Crippen LogP contribution < -0.4 is 9.47 Å². The molecule has 100 valence electrons. The summed E-state index contributed by atoms with van der Waals surface area (Å²) in [4.78, 5) is 11.3. The molecule has 2 rings (SSSR count). The van der Waals surface area contributed by atoms with Crippen LogP contribution in [0.2, 0.25) is 0 Å². The van der Waals surface area contributed by atoms with Gasteiger partial charge in [0, 0.05) is 18.2 Å². The highest BCUT2D eigenvalue weighted by Gasteiger charge is 2.12. The van der Waals surface area contributed by atoms with Crippen molar-refractivity contribution in [3.8, 4) is 17.2 Å². The van der Waals surface area contributed by atoms with E-state index in [0.29, 0.717) is 17.2 Å². The van der Waals surface area contributed by atoms with Crippen LogP contribution in [0.4, 0.5) is 0 Å². The first-order valence-corrected chi connectivity index (χ1v) is 5.42. The van der Waals surface area contributed by atoms with E-state index in [2.05, 4.69) is 15.0 Å². The van der Waals surface area contributed by atoms with E-state index in [1.54, 1.807) is 32.4 Å². The quantitative estimate of drug-likeness (QED) is 0.768. The molecule has 0 bridgehead atoms. The summed E-state index contributed by atoms with van der Waals surface area (Å²) in [5.74, 6) is 0.690. The zero-order chi connectivity index (χ0) is 13.8. The largest absolute Gasteiger partial charge is 0.497 e. The number of carbonyl (C=O) groups excluding carboxylic acids is 1. The first kappa shape index (κ1) is 12.9. The molecule has 1 aromatic heterocycles. The summed E-state index contributed by atoms with van der Waals surface area (Å²) in [6.07, 6.45) is 1.47. The van der Waals surface area contributed by atoms with E-state index >= 15 is 0 Å². The van der Waals surface area contributed by atoms with Gasteiger partial charge >= 0.3 is 5.97 Å². The molecule has 1 aromatic carbocycles. The minimum atomic E-state index is -0.541. The highest BCUT2D eigenvalue weighted by molar-refractivity contribution is 5.86. The molecular weight excluding hydrogens is 250 g/mol. The molecule has 0 N–H and O–H groups in total. The molecule has 0 aliphatic heterocycles. The van der Waals surface area contributed by atoms with Crippen molar-refractivity contribution in [3.05, 3.63) is 30.1 Å². The molecule has 1 heterocycles. The Morgan fingerprint density at radius 3 is 2.26 bits per heavy atom. The molecule has 7 heteroatoms. The van der Waals surface area contributed by atoms with E-state index in [1.165, 1.54) is 18.0 Å². The van der Waals surface area contributed by atoms with E-state index in [0.717, 1.165) is 0 Å². The molecule has 0 fully saturated rings. The highest BCUT2D eigenvalue weighted by atomic mass is 16.5. The molecule has 0 aliphatic carbocycles. The third kappa shape index (κ3) is 2.65. The summed E-state index contributed by atoms with van der Waals surface area (Å²) in [5, 5.41) is 7.59. The molecule has 0 radical (unpaired) electrons. The molecule has 2 aromatic rings. The number of nitrogens with zero attached hydrogens (tertiary/aromatic N) is 3. The van der Waals surface area contributed by atoms with Crippen molar-refractivity contribution in [1.82, 2.24) is 15.0 Å². The fraction of sp³-hybridized carbons (Fsp3) is 0.250. The second-order valence-electron chi connectivity index (χ2n) is 3.61. The van der Waals surface area contributed by atoms with E-state index in [4.69, 9.17) is 9.47 Å². The van der Waals surface area contributed by atoms with Crippen molar-refractivity contribution < 1.29 is 19.0 Å². The highest BCUT2D eigenvalue weighted by Crippen LogP contribution is 2.24. The molecule has 7 nitrogen and oxygen atoms in total. The molecule has 0 spiro atoms. The minimum Gasteiger partial charge on any atom is -0.497 e. The third-order valence-electron chi connectivity index (χ3n) is 2.49. The van der Waals surface area contributed by atoms with Crippen LogP contribution in [0.25, 0.3) is 5.69 Å². The maximum atomic E-state index is 11.3. The maximum Gasteiger partial charge on any atom is 0.360 e. The van der Waals surface area contributed by atoms with Crippen molar-refractivity contribution in [3.63, 3.8) is 0 Å². The number of aromatic nitrogens is 3. The van der Waals surface area contributed by atoms with Crippen LogP contribution in [0.3, 0.4) is 0 Å². The van der Waals surface area contributed by atoms with Crippen LogP contribution in [0.1, 0.15) is 10.5 Å². The van der Waals surface area contributed by atoms with Gasteiger partial charge in [0.25, 0.3) is 0 Å². The molecule has 0 unspecified atom stereocenters. The Morgan fingerprint density at radius 2 is 1.74 bits per heavy atom. The Balaban J connectivity index is 2.40. The number of hydrogen-bond donors (Lipinski definition) is 0. The fourth-order valence-corrected chi connectivity index (χ4v) is 1.51. The Kier molecular flexibility index (Phi) is 3.65. The van der Waals surface area contributed by atoms with Crippen LogP contribution in [-0.4, -0.2) is 42.3 Å². The predicted molar refractivity (Wildman–Crippen MR) is 65.8 cm³/mol. The SMILES string of the molecule is COC(=O)c1cn(-c2cc(OC)cc(OC)c2)nn1. The summed E-state index contributed by atoms with van der Waals surface area (Å²) in [6, 6.07) is 5.23. The van der Waals surface area contributed by atoms with E-state index < -0.39 is 5.97 Å². The van der Waals surface area contributed by atoms with E-state index in [-0.39, 0.29) is 5.69 Å². The number of rotatable bonds is 4. The first-order chi connectivity index (χ1) is 9.17. The van der Waals surface area contributed by atoms with Gasteiger partial charge in [-0.15, -0.1) is 5.10 Å². The van der Waals surface area contributed by atoms with Gasteiger partial charge in [0.2, 0.25) is 0 Å².